The van der Waals surface area contributed by atoms with Crippen molar-refractivity contribution in [1.82, 2.24) is 9.97 Å². The van der Waals surface area contributed by atoms with Crippen LogP contribution in [0.3, 0.4) is 0 Å². The highest BCUT2D eigenvalue weighted by atomic mass is 16.5. The summed E-state index contributed by atoms with van der Waals surface area (Å²) in [5.74, 6) is 2.66. The van der Waals surface area contributed by atoms with E-state index in [2.05, 4.69) is 27.1 Å². The number of anilines is 2. The predicted molar refractivity (Wildman–Crippen MR) is 93.6 cm³/mol. The first-order chi connectivity index (χ1) is 11.7. The second-order valence-electron chi connectivity index (χ2n) is 6.11. The largest absolute Gasteiger partial charge is 0.497 e. The summed E-state index contributed by atoms with van der Waals surface area (Å²) in [6.07, 6.45) is 3.83. The molecule has 1 N–H and O–H groups in total. The average Bonchev–Trinajstić information content (AvgIpc) is 2.62. The molecule has 24 heavy (non-hydrogen) atoms. The van der Waals surface area contributed by atoms with E-state index in [1.807, 2.05) is 6.07 Å². The van der Waals surface area contributed by atoms with Gasteiger partial charge in [-0.15, -0.1) is 0 Å². The molecule has 2 aromatic rings. The Labute approximate surface area is 141 Å². The van der Waals surface area contributed by atoms with Crippen LogP contribution in [-0.2, 0) is 0 Å². The predicted octanol–water partition coefficient (Wildman–Crippen LogP) is 2.97. The third kappa shape index (κ3) is 3.82. The van der Waals surface area contributed by atoms with Gasteiger partial charge in [0.05, 0.1) is 7.11 Å². The third-order valence-corrected chi connectivity index (χ3v) is 4.35. The number of carbonyl (C=O) groups is 1. The fourth-order valence-corrected chi connectivity index (χ4v) is 2.76. The second-order valence-corrected chi connectivity index (χ2v) is 6.11. The first-order valence-corrected chi connectivity index (χ1v) is 8.18. The number of ether oxygens (including phenoxy) is 1. The summed E-state index contributed by atoms with van der Waals surface area (Å²) in [4.78, 5) is 23.1. The molecular weight excluding hydrogens is 304 g/mol. The van der Waals surface area contributed by atoms with Crippen molar-refractivity contribution in [2.75, 3.05) is 30.4 Å². The molecule has 126 valence electrons. The highest BCUT2D eigenvalue weighted by Crippen LogP contribution is 2.22. The summed E-state index contributed by atoms with van der Waals surface area (Å²) in [5, 5.41) is 2.83. The van der Waals surface area contributed by atoms with Gasteiger partial charge >= 0.3 is 0 Å². The Morgan fingerprint density at radius 3 is 2.58 bits per heavy atom. The van der Waals surface area contributed by atoms with Crippen LogP contribution in [0.15, 0.2) is 36.7 Å². The standard InChI is InChI=1S/C18H22N4O2/c1-13-7-9-22(10-8-13)17-11-16(19-12-20-17)21-18(23)14-3-5-15(24-2)6-4-14/h3-6,11-13H,7-10H2,1-2H3,(H,19,20,21,23). The van der Waals surface area contributed by atoms with Gasteiger partial charge in [-0.05, 0) is 43.0 Å². The maximum atomic E-state index is 12.3. The van der Waals surface area contributed by atoms with Crippen LogP contribution in [0.5, 0.6) is 5.75 Å². The summed E-state index contributed by atoms with van der Waals surface area (Å²) in [6.45, 7) is 4.26. The number of nitrogens with one attached hydrogen (secondary N) is 1. The van der Waals surface area contributed by atoms with E-state index in [-0.39, 0.29) is 5.91 Å². The van der Waals surface area contributed by atoms with E-state index in [9.17, 15) is 4.79 Å². The molecule has 0 aliphatic carbocycles. The maximum absolute atomic E-state index is 12.3. The van der Waals surface area contributed by atoms with E-state index in [0.717, 1.165) is 43.4 Å². The summed E-state index contributed by atoms with van der Waals surface area (Å²) in [5.41, 5.74) is 0.558. The van der Waals surface area contributed by atoms with E-state index < -0.39 is 0 Å². The van der Waals surface area contributed by atoms with Crippen molar-refractivity contribution in [1.29, 1.82) is 0 Å². The molecule has 0 saturated carbocycles. The summed E-state index contributed by atoms with van der Waals surface area (Å²) in [6, 6.07) is 8.80. The van der Waals surface area contributed by atoms with Crippen LogP contribution < -0.4 is 15.0 Å². The molecule has 2 heterocycles. The number of carbonyl (C=O) groups excluding carboxylic acids is 1. The minimum Gasteiger partial charge on any atom is -0.497 e. The minimum atomic E-state index is -0.199. The molecule has 1 aromatic carbocycles. The van der Waals surface area contributed by atoms with Crippen LogP contribution in [0.4, 0.5) is 11.6 Å². The summed E-state index contributed by atoms with van der Waals surface area (Å²) < 4.78 is 5.10. The van der Waals surface area contributed by atoms with Crippen LogP contribution in [0.25, 0.3) is 0 Å². The zero-order valence-corrected chi connectivity index (χ0v) is 14.0. The van der Waals surface area contributed by atoms with E-state index >= 15 is 0 Å². The molecule has 1 aromatic heterocycles. The van der Waals surface area contributed by atoms with Gasteiger partial charge in [-0.1, -0.05) is 6.92 Å². The van der Waals surface area contributed by atoms with Gasteiger partial charge in [0.15, 0.2) is 0 Å². The number of amides is 1. The number of methoxy groups -OCH3 is 1. The molecule has 0 bridgehead atoms. The molecule has 0 spiro atoms. The highest BCUT2D eigenvalue weighted by Gasteiger charge is 2.17. The molecule has 1 fully saturated rings. The van der Waals surface area contributed by atoms with Crippen LogP contribution >= 0.6 is 0 Å². The fourth-order valence-electron chi connectivity index (χ4n) is 2.76. The van der Waals surface area contributed by atoms with Crippen molar-refractivity contribution >= 4 is 17.5 Å². The van der Waals surface area contributed by atoms with E-state index in [4.69, 9.17) is 4.74 Å². The smallest absolute Gasteiger partial charge is 0.256 e. The molecule has 0 unspecified atom stereocenters. The van der Waals surface area contributed by atoms with Crippen LogP contribution in [0.2, 0.25) is 0 Å². The Kier molecular flexibility index (Phi) is 4.93. The number of hydrogen-bond donors (Lipinski definition) is 1. The first-order valence-electron chi connectivity index (χ1n) is 8.18. The monoisotopic (exact) mass is 326 g/mol. The molecule has 6 heteroatoms. The quantitative estimate of drug-likeness (QED) is 0.935. The molecule has 0 radical (unpaired) electrons. The number of aromatic nitrogens is 2. The summed E-state index contributed by atoms with van der Waals surface area (Å²) in [7, 11) is 1.60. The normalized spacial score (nSPS) is 15.2. The van der Waals surface area contributed by atoms with Gasteiger partial charge in [0, 0.05) is 24.7 Å². The lowest BCUT2D eigenvalue weighted by molar-refractivity contribution is 0.102. The minimum absolute atomic E-state index is 0.199. The van der Waals surface area contributed by atoms with Gasteiger partial charge in [0.25, 0.3) is 5.91 Å². The lowest BCUT2D eigenvalue weighted by atomic mass is 9.99. The second kappa shape index (κ2) is 7.29. The molecule has 1 amide bonds. The van der Waals surface area contributed by atoms with Gasteiger partial charge in [-0.3, -0.25) is 4.79 Å². The topological polar surface area (TPSA) is 67.3 Å². The van der Waals surface area contributed by atoms with E-state index in [1.54, 1.807) is 31.4 Å². The Morgan fingerprint density at radius 1 is 1.21 bits per heavy atom. The number of hydrogen-bond acceptors (Lipinski definition) is 5. The Balaban J connectivity index is 1.68. The lowest BCUT2D eigenvalue weighted by Gasteiger charge is -2.31. The van der Waals surface area contributed by atoms with Crippen molar-refractivity contribution in [2.45, 2.75) is 19.8 Å². The van der Waals surface area contributed by atoms with Crippen molar-refractivity contribution in [3.8, 4) is 5.75 Å². The van der Waals surface area contributed by atoms with Crippen LogP contribution in [0.1, 0.15) is 30.1 Å². The molecule has 6 nitrogen and oxygen atoms in total. The van der Waals surface area contributed by atoms with Crippen molar-refractivity contribution in [3.63, 3.8) is 0 Å². The maximum Gasteiger partial charge on any atom is 0.256 e. The molecule has 1 aliphatic heterocycles. The molecule has 1 saturated heterocycles. The average molecular weight is 326 g/mol. The molecule has 1 aliphatic rings. The molecule has 3 rings (SSSR count). The fraction of sp³-hybridized carbons (Fsp3) is 0.389. The SMILES string of the molecule is COc1ccc(C(=O)Nc2cc(N3CCC(C)CC3)ncn2)cc1. The molecular formula is C18H22N4O2. The Bertz CT molecular complexity index is 694. The zero-order valence-electron chi connectivity index (χ0n) is 14.0. The number of rotatable bonds is 4. The Hall–Kier alpha value is -2.63. The van der Waals surface area contributed by atoms with Gasteiger partial charge in [-0.25, -0.2) is 9.97 Å². The Morgan fingerprint density at radius 2 is 1.92 bits per heavy atom. The lowest BCUT2D eigenvalue weighted by Crippen LogP contribution is -2.33. The van der Waals surface area contributed by atoms with Gasteiger partial charge in [0.1, 0.15) is 23.7 Å². The highest BCUT2D eigenvalue weighted by molar-refractivity contribution is 6.03. The number of piperidine rings is 1. The van der Waals surface area contributed by atoms with Gasteiger partial charge < -0.3 is 15.0 Å². The van der Waals surface area contributed by atoms with Crippen molar-refractivity contribution in [3.05, 3.63) is 42.2 Å². The van der Waals surface area contributed by atoms with Crippen molar-refractivity contribution in [2.24, 2.45) is 5.92 Å². The van der Waals surface area contributed by atoms with Crippen LogP contribution in [-0.4, -0.2) is 36.1 Å². The van der Waals surface area contributed by atoms with Crippen molar-refractivity contribution < 1.29 is 9.53 Å². The van der Waals surface area contributed by atoms with Gasteiger partial charge in [0.2, 0.25) is 0 Å². The number of nitrogens with zero attached hydrogens (tertiary/aromatic N) is 3. The summed E-state index contributed by atoms with van der Waals surface area (Å²) >= 11 is 0. The van der Waals surface area contributed by atoms with Gasteiger partial charge in [-0.2, -0.15) is 0 Å². The van der Waals surface area contributed by atoms with E-state index in [1.165, 1.54) is 6.33 Å². The first kappa shape index (κ1) is 16.2. The van der Waals surface area contributed by atoms with Crippen LogP contribution in [0, 0.1) is 5.92 Å². The third-order valence-electron chi connectivity index (χ3n) is 4.35. The zero-order chi connectivity index (χ0) is 16.9. The molecule has 0 atom stereocenters. The van der Waals surface area contributed by atoms with E-state index in [0.29, 0.717) is 11.4 Å². The number of benzene rings is 1.